The third kappa shape index (κ3) is 6.71. The van der Waals surface area contributed by atoms with E-state index in [1.165, 1.54) is 12.1 Å². The predicted octanol–water partition coefficient (Wildman–Crippen LogP) is 4.44. The first-order valence-corrected chi connectivity index (χ1v) is 10.2. The van der Waals surface area contributed by atoms with Gasteiger partial charge in [0.05, 0.1) is 11.4 Å². The molecule has 0 atom stereocenters. The number of hydrogen-bond acceptors (Lipinski definition) is 3. The van der Waals surface area contributed by atoms with Crippen molar-refractivity contribution in [3.05, 3.63) is 23.5 Å². The second-order valence-corrected chi connectivity index (χ2v) is 8.43. The van der Waals surface area contributed by atoms with E-state index in [1.54, 1.807) is 6.92 Å². The molecule has 1 saturated heterocycles. The largest absolute Gasteiger partial charge is 0.398 e. The highest BCUT2D eigenvalue weighted by Crippen LogP contribution is 2.34. The number of nitrogens with one attached hydrogen (secondary N) is 1. The lowest BCUT2D eigenvalue weighted by Crippen LogP contribution is -2.52. The van der Waals surface area contributed by atoms with Gasteiger partial charge in [0.1, 0.15) is 5.82 Å². The first kappa shape index (κ1) is 22.1. The van der Waals surface area contributed by atoms with Crippen LogP contribution < -0.4 is 10.2 Å². The highest BCUT2D eigenvalue weighted by Gasteiger charge is 2.28. The maximum absolute atomic E-state index is 14.4. The van der Waals surface area contributed by atoms with Crippen LogP contribution in [0.2, 0.25) is 0 Å². The second-order valence-electron chi connectivity index (χ2n) is 7.03. The number of hydrogen-bond donors (Lipinski definition) is 1. The van der Waals surface area contributed by atoms with Crippen LogP contribution in [-0.4, -0.2) is 54.7 Å². The molecule has 0 saturated carbocycles. The van der Waals surface area contributed by atoms with E-state index in [4.69, 9.17) is 12.2 Å². The fourth-order valence-electron chi connectivity index (χ4n) is 2.75. The van der Waals surface area contributed by atoms with Crippen LogP contribution in [0, 0.1) is 18.7 Å². The molecule has 0 spiro atoms. The minimum atomic E-state index is -4.25. The summed E-state index contributed by atoms with van der Waals surface area (Å²) in [6.07, 6.45) is -4.25. The van der Waals surface area contributed by atoms with Crippen molar-refractivity contribution in [1.29, 1.82) is 0 Å². The maximum atomic E-state index is 14.4. The van der Waals surface area contributed by atoms with Gasteiger partial charge in [-0.1, -0.05) is 13.8 Å². The molecule has 1 aromatic rings. The van der Waals surface area contributed by atoms with Crippen molar-refractivity contribution >= 4 is 34.8 Å². The molecule has 0 bridgehead atoms. The lowest BCUT2D eigenvalue weighted by molar-refractivity contribution is -0.105. The van der Waals surface area contributed by atoms with Crippen LogP contribution in [0.15, 0.2) is 17.0 Å². The van der Waals surface area contributed by atoms with E-state index >= 15 is 0 Å². The zero-order valence-electron chi connectivity index (χ0n) is 15.7. The van der Waals surface area contributed by atoms with Gasteiger partial charge >= 0.3 is 6.18 Å². The Labute approximate surface area is 167 Å². The van der Waals surface area contributed by atoms with Gasteiger partial charge in [-0.2, -0.15) is 13.2 Å². The van der Waals surface area contributed by atoms with Gasteiger partial charge in [-0.05, 0) is 42.8 Å². The third-order valence-electron chi connectivity index (χ3n) is 4.20. The molecule has 3 nitrogen and oxygen atoms in total. The molecule has 0 aromatic heterocycles. The molecule has 0 unspecified atom stereocenters. The van der Waals surface area contributed by atoms with Gasteiger partial charge < -0.3 is 15.1 Å². The average Bonchev–Trinajstić information content (AvgIpc) is 2.58. The number of benzene rings is 1. The van der Waals surface area contributed by atoms with E-state index in [-0.39, 0.29) is 0 Å². The van der Waals surface area contributed by atoms with E-state index < -0.39 is 17.7 Å². The monoisotopic (exact) mass is 423 g/mol. The second kappa shape index (κ2) is 9.32. The highest BCUT2D eigenvalue weighted by molar-refractivity contribution is 7.99. The molecular weight excluding hydrogens is 398 g/mol. The van der Waals surface area contributed by atoms with Crippen molar-refractivity contribution in [2.24, 2.45) is 5.92 Å². The lowest BCUT2D eigenvalue weighted by Gasteiger charge is -2.38. The number of thioether (sulfide) groups is 1. The van der Waals surface area contributed by atoms with Crippen molar-refractivity contribution in [2.75, 3.05) is 43.4 Å². The molecule has 0 amide bonds. The summed E-state index contributed by atoms with van der Waals surface area (Å²) in [6.45, 7) is 9.03. The zero-order valence-corrected chi connectivity index (χ0v) is 17.3. The van der Waals surface area contributed by atoms with Gasteiger partial charge in [-0.25, -0.2) is 4.39 Å². The van der Waals surface area contributed by atoms with Crippen LogP contribution >= 0.6 is 24.0 Å². The van der Waals surface area contributed by atoms with E-state index in [0.717, 1.165) is 6.54 Å². The van der Waals surface area contributed by atoms with Gasteiger partial charge in [0, 0.05) is 37.6 Å². The summed E-state index contributed by atoms with van der Waals surface area (Å²) >= 11 is 6.09. The number of rotatable bonds is 5. The van der Waals surface area contributed by atoms with Crippen LogP contribution in [0.5, 0.6) is 0 Å². The summed E-state index contributed by atoms with van der Waals surface area (Å²) in [4.78, 5) is 4.37. The molecule has 0 radical (unpaired) electrons. The SMILES string of the molecule is Cc1cc(F)c(N2CCN(C(=S)NCC(C)C)CC2)cc1SCC(F)(F)F. The van der Waals surface area contributed by atoms with E-state index in [2.05, 4.69) is 19.2 Å². The first-order chi connectivity index (χ1) is 12.6. The Morgan fingerprint density at radius 1 is 1.22 bits per heavy atom. The first-order valence-electron chi connectivity index (χ1n) is 8.84. The molecule has 27 heavy (non-hydrogen) atoms. The molecule has 1 fully saturated rings. The number of piperazine rings is 1. The fraction of sp³-hybridized carbons (Fsp3) is 0.611. The molecule has 0 aliphatic carbocycles. The van der Waals surface area contributed by atoms with E-state index in [0.29, 0.717) is 65.1 Å². The van der Waals surface area contributed by atoms with Gasteiger partial charge in [-0.15, -0.1) is 11.8 Å². The number of alkyl halides is 3. The molecule has 1 heterocycles. The summed E-state index contributed by atoms with van der Waals surface area (Å²) < 4.78 is 52.0. The number of anilines is 1. The Hall–Kier alpha value is -1.22. The predicted molar refractivity (Wildman–Crippen MR) is 107 cm³/mol. The minimum Gasteiger partial charge on any atom is -0.366 e. The van der Waals surface area contributed by atoms with Gasteiger partial charge in [0.2, 0.25) is 0 Å². The summed E-state index contributed by atoms with van der Waals surface area (Å²) in [5, 5.41) is 3.91. The van der Waals surface area contributed by atoms with Gasteiger partial charge in [-0.3, -0.25) is 0 Å². The minimum absolute atomic E-state index is 0.353. The molecule has 1 aliphatic heterocycles. The quantitative estimate of drug-likeness (QED) is 0.427. The fourth-order valence-corrected chi connectivity index (χ4v) is 3.82. The van der Waals surface area contributed by atoms with Crippen molar-refractivity contribution in [3.8, 4) is 0 Å². The van der Waals surface area contributed by atoms with Crippen LogP contribution in [0.4, 0.5) is 23.2 Å². The average molecular weight is 424 g/mol. The standard InChI is InChI=1S/C18H25F4N3S2/c1-12(2)10-23-17(26)25-6-4-24(5-7-25)15-9-16(13(3)8-14(15)19)27-11-18(20,21)22/h8-9,12H,4-7,10-11H2,1-3H3,(H,23,26). The van der Waals surface area contributed by atoms with Crippen molar-refractivity contribution in [1.82, 2.24) is 10.2 Å². The molecule has 1 aromatic carbocycles. The molecule has 1 aliphatic rings. The normalized spacial score (nSPS) is 15.4. The summed E-state index contributed by atoms with van der Waals surface area (Å²) in [6, 6.07) is 2.85. The summed E-state index contributed by atoms with van der Waals surface area (Å²) in [5.41, 5.74) is 0.870. The smallest absolute Gasteiger partial charge is 0.366 e. The number of halogens is 4. The van der Waals surface area contributed by atoms with Crippen LogP contribution in [-0.2, 0) is 0 Å². The Kier molecular flexibility index (Phi) is 7.62. The summed E-state index contributed by atoms with van der Waals surface area (Å²) in [7, 11) is 0. The molecular formula is C18H25F4N3S2. The van der Waals surface area contributed by atoms with Gasteiger partial charge in [0.25, 0.3) is 0 Å². The molecule has 152 valence electrons. The van der Waals surface area contributed by atoms with E-state index in [1.807, 2.05) is 9.80 Å². The number of nitrogens with zero attached hydrogens (tertiary/aromatic N) is 2. The lowest BCUT2D eigenvalue weighted by atomic mass is 10.2. The summed E-state index contributed by atoms with van der Waals surface area (Å²) in [5.74, 6) is -0.904. The molecule has 9 heteroatoms. The molecule has 2 rings (SSSR count). The number of thiocarbonyl (C=S) groups is 1. The van der Waals surface area contributed by atoms with Crippen LogP contribution in [0.1, 0.15) is 19.4 Å². The zero-order chi connectivity index (χ0) is 20.2. The van der Waals surface area contributed by atoms with Crippen molar-refractivity contribution in [2.45, 2.75) is 31.8 Å². The Morgan fingerprint density at radius 3 is 2.41 bits per heavy atom. The van der Waals surface area contributed by atoms with Crippen molar-refractivity contribution < 1.29 is 17.6 Å². The van der Waals surface area contributed by atoms with Crippen molar-refractivity contribution in [3.63, 3.8) is 0 Å². The van der Waals surface area contributed by atoms with E-state index in [9.17, 15) is 17.6 Å². The Morgan fingerprint density at radius 2 is 1.85 bits per heavy atom. The number of aryl methyl sites for hydroxylation is 1. The van der Waals surface area contributed by atoms with Crippen LogP contribution in [0.3, 0.4) is 0 Å². The van der Waals surface area contributed by atoms with Gasteiger partial charge in [0.15, 0.2) is 5.11 Å². The van der Waals surface area contributed by atoms with Crippen LogP contribution in [0.25, 0.3) is 0 Å². The topological polar surface area (TPSA) is 18.5 Å². The highest BCUT2D eigenvalue weighted by atomic mass is 32.2. The Bertz CT molecular complexity index is 657. The molecule has 1 N–H and O–H groups in total. The Balaban J connectivity index is 2.01. The maximum Gasteiger partial charge on any atom is 0.398 e. The third-order valence-corrected chi connectivity index (χ3v) is 5.83.